The first kappa shape index (κ1) is 21.0. The van der Waals surface area contributed by atoms with Crippen molar-refractivity contribution in [1.82, 2.24) is 15.2 Å². The van der Waals surface area contributed by atoms with Crippen LogP contribution in [0.5, 0.6) is 0 Å². The molecular weight excluding hydrogens is 367 g/mol. The molecule has 1 N–H and O–H groups in total. The molecule has 1 amide bonds. The van der Waals surface area contributed by atoms with Gasteiger partial charge in [0.1, 0.15) is 0 Å². The van der Waals surface area contributed by atoms with Crippen LogP contribution in [0, 0.1) is 0 Å². The third-order valence-electron chi connectivity index (χ3n) is 3.88. The van der Waals surface area contributed by atoms with E-state index in [4.69, 9.17) is 4.74 Å². The number of carbonyl (C=O) groups is 1. The van der Waals surface area contributed by atoms with Gasteiger partial charge in [-0.3, -0.25) is 9.69 Å². The molecule has 9 heteroatoms. The third kappa shape index (κ3) is 7.13. The van der Waals surface area contributed by atoms with Gasteiger partial charge in [0.2, 0.25) is 5.91 Å². The van der Waals surface area contributed by atoms with Gasteiger partial charge < -0.3 is 10.1 Å². The summed E-state index contributed by atoms with van der Waals surface area (Å²) in [5.74, 6) is -0.0234. The van der Waals surface area contributed by atoms with Gasteiger partial charge in [0.25, 0.3) is 0 Å². The molecule has 2 rings (SSSR count). The number of hydrogen-bond donors (Lipinski definition) is 1. The van der Waals surface area contributed by atoms with Gasteiger partial charge in [-0.05, 0) is 32.4 Å². The Morgan fingerprint density at radius 2 is 2.04 bits per heavy atom. The van der Waals surface area contributed by atoms with E-state index in [1.54, 1.807) is 0 Å². The predicted octanol–water partition coefficient (Wildman–Crippen LogP) is 2.81. The zero-order valence-corrected chi connectivity index (χ0v) is 15.7. The zero-order valence-electron chi connectivity index (χ0n) is 14.9. The maximum Gasteiger partial charge on any atom is 0.417 e. The molecule has 26 heavy (non-hydrogen) atoms. The van der Waals surface area contributed by atoms with Gasteiger partial charge in [-0.25, -0.2) is 4.98 Å². The average Bonchev–Trinajstić information content (AvgIpc) is 2.55. The van der Waals surface area contributed by atoms with Crippen LogP contribution in [0.2, 0.25) is 0 Å². The van der Waals surface area contributed by atoms with E-state index in [-0.39, 0.29) is 23.9 Å². The molecule has 0 radical (unpaired) electrons. The minimum atomic E-state index is -4.40. The number of carbonyl (C=O) groups excluding carboxylic acids is 1. The van der Waals surface area contributed by atoms with Gasteiger partial charge in [-0.2, -0.15) is 13.2 Å². The summed E-state index contributed by atoms with van der Waals surface area (Å²) in [5.41, 5.74) is -0.793. The number of halogens is 3. The van der Waals surface area contributed by atoms with Gasteiger partial charge in [-0.15, -0.1) is 0 Å². The average molecular weight is 391 g/mol. The number of nitrogens with one attached hydrogen (secondary N) is 1. The Kier molecular flexibility index (Phi) is 7.72. The fourth-order valence-electron chi connectivity index (χ4n) is 2.82. The lowest BCUT2D eigenvalue weighted by Gasteiger charge is -2.35. The predicted molar refractivity (Wildman–Crippen MR) is 94.0 cm³/mol. The molecule has 1 aliphatic rings. The molecule has 0 bridgehead atoms. The number of morpholine rings is 1. The van der Waals surface area contributed by atoms with Crippen molar-refractivity contribution >= 4 is 17.7 Å². The topological polar surface area (TPSA) is 54.5 Å². The number of hydrogen-bond acceptors (Lipinski definition) is 5. The van der Waals surface area contributed by atoms with E-state index in [0.717, 1.165) is 50.1 Å². The highest BCUT2D eigenvalue weighted by atomic mass is 32.2. The molecule has 0 spiro atoms. The van der Waals surface area contributed by atoms with Crippen LogP contribution in [0.15, 0.2) is 23.4 Å². The van der Waals surface area contributed by atoms with Crippen molar-refractivity contribution in [3.63, 3.8) is 0 Å². The minimum Gasteiger partial charge on any atom is -0.373 e. The second-order valence-electron chi connectivity index (χ2n) is 6.39. The molecule has 0 aliphatic carbocycles. The smallest absolute Gasteiger partial charge is 0.373 e. The lowest BCUT2D eigenvalue weighted by molar-refractivity contribution is -0.137. The van der Waals surface area contributed by atoms with E-state index in [0.29, 0.717) is 11.6 Å². The van der Waals surface area contributed by atoms with Gasteiger partial charge in [-0.1, -0.05) is 11.8 Å². The normalized spacial score (nSPS) is 21.6. The number of rotatable bonds is 7. The summed E-state index contributed by atoms with van der Waals surface area (Å²) in [5, 5.41) is 3.22. The molecule has 2 atom stereocenters. The molecule has 2 heterocycles. The molecule has 0 saturated carbocycles. The Morgan fingerprint density at radius 3 is 2.62 bits per heavy atom. The first-order valence-corrected chi connectivity index (χ1v) is 9.53. The van der Waals surface area contributed by atoms with Crippen molar-refractivity contribution in [3.8, 4) is 0 Å². The molecule has 0 aromatic carbocycles. The van der Waals surface area contributed by atoms with Crippen molar-refractivity contribution in [2.75, 3.05) is 31.9 Å². The standard InChI is InChI=1S/C17H24F3N3O2S/c1-12-9-23(10-13(2)25-12)7-3-6-21-15(24)11-26-16-5-4-14(8-22-16)17(18,19)20/h4-5,8,12-13H,3,6-7,9-11H2,1-2H3,(H,21,24). The maximum absolute atomic E-state index is 12.5. The highest BCUT2D eigenvalue weighted by Crippen LogP contribution is 2.29. The van der Waals surface area contributed by atoms with Gasteiger partial charge >= 0.3 is 6.18 Å². The molecule has 1 aliphatic heterocycles. The number of pyridine rings is 1. The molecule has 5 nitrogen and oxygen atoms in total. The lowest BCUT2D eigenvalue weighted by Crippen LogP contribution is -2.46. The summed E-state index contributed by atoms with van der Waals surface area (Å²) in [6.45, 7) is 7.36. The Bertz CT molecular complexity index is 574. The quantitative estimate of drug-likeness (QED) is 0.572. The Morgan fingerprint density at radius 1 is 1.35 bits per heavy atom. The lowest BCUT2D eigenvalue weighted by atomic mass is 10.2. The summed E-state index contributed by atoms with van der Waals surface area (Å²) < 4.78 is 43.1. The first-order chi connectivity index (χ1) is 12.2. The third-order valence-corrected chi connectivity index (χ3v) is 4.83. The second-order valence-corrected chi connectivity index (χ2v) is 7.39. The highest BCUT2D eigenvalue weighted by molar-refractivity contribution is 7.99. The van der Waals surface area contributed by atoms with Crippen molar-refractivity contribution < 1.29 is 22.7 Å². The highest BCUT2D eigenvalue weighted by Gasteiger charge is 2.30. The number of aromatic nitrogens is 1. The number of thioether (sulfide) groups is 1. The fraction of sp³-hybridized carbons (Fsp3) is 0.647. The summed E-state index contributed by atoms with van der Waals surface area (Å²) in [6, 6.07) is 2.25. The number of ether oxygens (including phenoxy) is 1. The van der Waals surface area contributed by atoms with E-state index >= 15 is 0 Å². The molecule has 1 fully saturated rings. The van der Waals surface area contributed by atoms with Crippen LogP contribution in [0.4, 0.5) is 13.2 Å². The SMILES string of the molecule is CC1CN(CCCNC(=O)CSc2ccc(C(F)(F)F)cn2)CC(C)O1. The van der Waals surface area contributed by atoms with Crippen LogP contribution < -0.4 is 5.32 Å². The minimum absolute atomic E-state index is 0.129. The first-order valence-electron chi connectivity index (χ1n) is 8.54. The van der Waals surface area contributed by atoms with Crippen molar-refractivity contribution in [2.24, 2.45) is 0 Å². The van der Waals surface area contributed by atoms with E-state index in [1.165, 1.54) is 6.07 Å². The van der Waals surface area contributed by atoms with Gasteiger partial charge in [0, 0.05) is 32.4 Å². The van der Waals surface area contributed by atoms with Crippen molar-refractivity contribution in [2.45, 2.75) is 43.7 Å². The molecule has 2 unspecified atom stereocenters. The molecular formula is C17H24F3N3O2S. The Hall–Kier alpha value is -1.32. The van der Waals surface area contributed by atoms with Crippen LogP contribution in [-0.4, -0.2) is 59.9 Å². The van der Waals surface area contributed by atoms with Crippen LogP contribution in [0.25, 0.3) is 0 Å². The number of amides is 1. The maximum atomic E-state index is 12.5. The summed E-state index contributed by atoms with van der Waals surface area (Å²) in [7, 11) is 0. The molecule has 146 valence electrons. The Balaban J connectivity index is 1.62. The summed E-state index contributed by atoms with van der Waals surface area (Å²) >= 11 is 1.12. The zero-order chi connectivity index (χ0) is 19.2. The van der Waals surface area contributed by atoms with E-state index in [2.05, 4.69) is 29.0 Å². The molecule has 1 aromatic rings. The monoisotopic (exact) mass is 391 g/mol. The summed E-state index contributed by atoms with van der Waals surface area (Å²) in [4.78, 5) is 17.9. The van der Waals surface area contributed by atoms with E-state index < -0.39 is 11.7 Å². The second kappa shape index (κ2) is 9.57. The molecule has 1 saturated heterocycles. The number of alkyl halides is 3. The van der Waals surface area contributed by atoms with Crippen LogP contribution in [-0.2, 0) is 15.7 Å². The fourth-order valence-corrected chi connectivity index (χ4v) is 3.49. The van der Waals surface area contributed by atoms with E-state index in [1.807, 2.05) is 0 Å². The van der Waals surface area contributed by atoms with Crippen LogP contribution >= 0.6 is 11.8 Å². The van der Waals surface area contributed by atoms with E-state index in [9.17, 15) is 18.0 Å². The largest absolute Gasteiger partial charge is 0.417 e. The molecule has 1 aromatic heterocycles. The van der Waals surface area contributed by atoms with Crippen LogP contribution in [0.1, 0.15) is 25.8 Å². The van der Waals surface area contributed by atoms with Gasteiger partial charge in [0.05, 0.1) is 28.6 Å². The summed E-state index contributed by atoms with van der Waals surface area (Å²) in [6.07, 6.45) is -2.33. The van der Waals surface area contributed by atoms with Crippen LogP contribution in [0.3, 0.4) is 0 Å². The van der Waals surface area contributed by atoms with Gasteiger partial charge in [0.15, 0.2) is 0 Å². The van der Waals surface area contributed by atoms with Crippen molar-refractivity contribution in [1.29, 1.82) is 0 Å². The Labute approximate surface area is 155 Å². The van der Waals surface area contributed by atoms with Crippen molar-refractivity contribution in [3.05, 3.63) is 23.9 Å². The number of nitrogens with zero attached hydrogens (tertiary/aromatic N) is 2.